The molecule has 0 aliphatic rings. The van der Waals surface area contributed by atoms with Crippen LogP contribution in [0.1, 0.15) is 33.3 Å². The van der Waals surface area contributed by atoms with Crippen molar-refractivity contribution in [2.75, 3.05) is 17.7 Å². The van der Waals surface area contributed by atoms with Crippen LogP contribution in [0.25, 0.3) is 0 Å². The topological polar surface area (TPSA) is 80.3 Å². The van der Waals surface area contributed by atoms with Crippen LogP contribution in [0.2, 0.25) is 0 Å². The van der Waals surface area contributed by atoms with Crippen molar-refractivity contribution in [3.05, 3.63) is 83.7 Å². The van der Waals surface area contributed by atoms with Gasteiger partial charge in [0.25, 0.3) is 5.91 Å². The SMILES string of the molecule is CCc1ccc(NC(=O)c2ccc(Nc3ccccc3C(=O)OC)cn2)cc1. The van der Waals surface area contributed by atoms with Crippen LogP contribution in [0.4, 0.5) is 17.1 Å². The van der Waals surface area contributed by atoms with Crippen LogP contribution in [0.5, 0.6) is 0 Å². The van der Waals surface area contributed by atoms with Gasteiger partial charge in [-0.3, -0.25) is 4.79 Å². The fraction of sp³-hybridized carbons (Fsp3) is 0.136. The highest BCUT2D eigenvalue weighted by Crippen LogP contribution is 2.21. The maximum absolute atomic E-state index is 12.4. The van der Waals surface area contributed by atoms with Crippen molar-refractivity contribution < 1.29 is 14.3 Å². The fourth-order valence-corrected chi connectivity index (χ4v) is 2.66. The number of hydrogen-bond donors (Lipinski definition) is 2. The molecule has 1 amide bonds. The molecule has 0 spiro atoms. The maximum Gasteiger partial charge on any atom is 0.339 e. The van der Waals surface area contributed by atoms with E-state index in [0.29, 0.717) is 22.6 Å². The normalized spacial score (nSPS) is 10.2. The highest BCUT2D eigenvalue weighted by Gasteiger charge is 2.12. The van der Waals surface area contributed by atoms with E-state index in [4.69, 9.17) is 4.74 Å². The molecule has 0 aliphatic carbocycles. The van der Waals surface area contributed by atoms with Gasteiger partial charge in [0.2, 0.25) is 0 Å². The van der Waals surface area contributed by atoms with Gasteiger partial charge in [0.15, 0.2) is 0 Å². The summed E-state index contributed by atoms with van der Waals surface area (Å²) in [6.07, 6.45) is 2.49. The van der Waals surface area contributed by atoms with E-state index in [9.17, 15) is 9.59 Å². The van der Waals surface area contributed by atoms with Crippen LogP contribution < -0.4 is 10.6 Å². The molecule has 2 N–H and O–H groups in total. The number of esters is 1. The number of aryl methyl sites for hydroxylation is 1. The van der Waals surface area contributed by atoms with Gasteiger partial charge >= 0.3 is 5.97 Å². The third-order valence-electron chi connectivity index (χ3n) is 4.23. The van der Waals surface area contributed by atoms with Crippen molar-refractivity contribution in [1.82, 2.24) is 4.98 Å². The molecule has 3 rings (SSSR count). The van der Waals surface area contributed by atoms with E-state index in [0.717, 1.165) is 12.1 Å². The zero-order valence-corrected chi connectivity index (χ0v) is 15.7. The van der Waals surface area contributed by atoms with Gasteiger partial charge in [0.05, 0.1) is 30.2 Å². The van der Waals surface area contributed by atoms with Gasteiger partial charge in [-0.1, -0.05) is 31.2 Å². The lowest BCUT2D eigenvalue weighted by atomic mass is 10.1. The van der Waals surface area contributed by atoms with Crippen LogP contribution in [0, 0.1) is 0 Å². The molecule has 6 nitrogen and oxygen atoms in total. The summed E-state index contributed by atoms with van der Waals surface area (Å²) in [6.45, 7) is 2.08. The minimum absolute atomic E-state index is 0.286. The van der Waals surface area contributed by atoms with E-state index in [1.54, 1.807) is 36.5 Å². The first-order valence-electron chi connectivity index (χ1n) is 8.91. The van der Waals surface area contributed by atoms with Gasteiger partial charge in [0.1, 0.15) is 5.69 Å². The Hall–Kier alpha value is -3.67. The summed E-state index contributed by atoms with van der Waals surface area (Å²) >= 11 is 0. The van der Waals surface area contributed by atoms with Crippen molar-refractivity contribution >= 4 is 28.9 Å². The largest absolute Gasteiger partial charge is 0.465 e. The second kappa shape index (κ2) is 8.81. The van der Waals surface area contributed by atoms with Crippen molar-refractivity contribution in [3.63, 3.8) is 0 Å². The zero-order valence-electron chi connectivity index (χ0n) is 15.7. The zero-order chi connectivity index (χ0) is 19.9. The molecule has 0 radical (unpaired) electrons. The number of methoxy groups -OCH3 is 1. The van der Waals surface area contributed by atoms with Crippen molar-refractivity contribution in [3.8, 4) is 0 Å². The summed E-state index contributed by atoms with van der Waals surface area (Å²) in [6, 6.07) is 18.1. The average Bonchev–Trinajstić information content (AvgIpc) is 2.74. The smallest absolute Gasteiger partial charge is 0.339 e. The summed E-state index contributed by atoms with van der Waals surface area (Å²) in [7, 11) is 1.34. The Kier molecular flexibility index (Phi) is 6.01. The Morgan fingerprint density at radius 3 is 2.32 bits per heavy atom. The number of carbonyl (C=O) groups is 2. The summed E-state index contributed by atoms with van der Waals surface area (Å²) in [5.41, 5.74) is 3.90. The molecule has 0 atom stereocenters. The standard InChI is InChI=1S/C22H21N3O3/c1-3-15-8-10-16(11-9-15)25-21(26)20-13-12-17(14-23-20)24-19-7-5-4-6-18(19)22(27)28-2/h4-14,24H,3H2,1-2H3,(H,25,26). The Labute approximate surface area is 163 Å². The minimum Gasteiger partial charge on any atom is -0.465 e. The van der Waals surface area contributed by atoms with Crippen LogP contribution >= 0.6 is 0 Å². The van der Waals surface area contributed by atoms with Crippen LogP contribution in [-0.2, 0) is 11.2 Å². The first kappa shape index (κ1) is 19.1. The van der Waals surface area contributed by atoms with Crippen molar-refractivity contribution in [2.45, 2.75) is 13.3 Å². The monoisotopic (exact) mass is 375 g/mol. The van der Waals surface area contributed by atoms with Crippen LogP contribution in [-0.4, -0.2) is 24.0 Å². The molecule has 1 heterocycles. The molecule has 1 aromatic heterocycles. The van der Waals surface area contributed by atoms with E-state index in [1.807, 2.05) is 30.3 Å². The molecule has 0 unspecified atom stereocenters. The number of pyridine rings is 1. The highest BCUT2D eigenvalue weighted by atomic mass is 16.5. The van der Waals surface area contributed by atoms with Crippen molar-refractivity contribution in [1.29, 1.82) is 0 Å². The first-order chi connectivity index (χ1) is 13.6. The van der Waals surface area contributed by atoms with Gasteiger partial charge in [-0.25, -0.2) is 9.78 Å². The summed E-state index contributed by atoms with van der Waals surface area (Å²) in [5.74, 6) is -0.716. The molecule has 0 aliphatic heterocycles. The lowest BCUT2D eigenvalue weighted by Crippen LogP contribution is -2.13. The number of amides is 1. The number of aromatic nitrogens is 1. The van der Waals surface area contributed by atoms with Gasteiger partial charge in [0, 0.05) is 5.69 Å². The van der Waals surface area contributed by atoms with Gasteiger partial charge in [-0.2, -0.15) is 0 Å². The molecule has 6 heteroatoms. The van der Waals surface area contributed by atoms with Crippen LogP contribution in [0.3, 0.4) is 0 Å². The molecule has 2 aromatic carbocycles. The number of hydrogen-bond acceptors (Lipinski definition) is 5. The average molecular weight is 375 g/mol. The maximum atomic E-state index is 12.4. The lowest BCUT2D eigenvalue weighted by Gasteiger charge is -2.11. The predicted molar refractivity (Wildman–Crippen MR) is 109 cm³/mol. The van der Waals surface area contributed by atoms with Gasteiger partial charge in [-0.15, -0.1) is 0 Å². The van der Waals surface area contributed by atoms with Gasteiger partial charge in [-0.05, 0) is 48.4 Å². The molecule has 0 saturated carbocycles. The van der Waals surface area contributed by atoms with E-state index in [2.05, 4.69) is 22.5 Å². The Morgan fingerprint density at radius 1 is 0.964 bits per heavy atom. The van der Waals surface area contributed by atoms with E-state index >= 15 is 0 Å². The van der Waals surface area contributed by atoms with Gasteiger partial charge < -0.3 is 15.4 Å². The first-order valence-corrected chi connectivity index (χ1v) is 8.91. The summed E-state index contributed by atoms with van der Waals surface area (Å²) in [4.78, 5) is 28.4. The summed E-state index contributed by atoms with van der Waals surface area (Å²) < 4.78 is 4.79. The van der Waals surface area contributed by atoms with Crippen molar-refractivity contribution in [2.24, 2.45) is 0 Å². The Bertz CT molecular complexity index is 967. The highest BCUT2D eigenvalue weighted by molar-refractivity contribution is 6.03. The number of carbonyl (C=O) groups excluding carboxylic acids is 2. The fourth-order valence-electron chi connectivity index (χ4n) is 2.66. The molecular weight excluding hydrogens is 354 g/mol. The second-order valence-electron chi connectivity index (χ2n) is 6.10. The molecule has 0 saturated heterocycles. The van der Waals surface area contributed by atoms with E-state index < -0.39 is 5.97 Å². The molecule has 0 fully saturated rings. The second-order valence-corrected chi connectivity index (χ2v) is 6.10. The molecule has 28 heavy (non-hydrogen) atoms. The number of rotatable bonds is 6. The van der Waals surface area contributed by atoms with Crippen LogP contribution in [0.15, 0.2) is 66.9 Å². The van der Waals surface area contributed by atoms with E-state index in [-0.39, 0.29) is 5.91 Å². The molecule has 142 valence electrons. The van der Waals surface area contributed by atoms with E-state index in [1.165, 1.54) is 12.7 Å². The number of anilines is 3. The molecule has 0 bridgehead atoms. The quantitative estimate of drug-likeness (QED) is 0.623. The number of nitrogens with one attached hydrogen (secondary N) is 2. The molecule has 3 aromatic rings. The minimum atomic E-state index is -0.429. The third kappa shape index (κ3) is 4.54. The Balaban J connectivity index is 1.69. The predicted octanol–water partition coefficient (Wildman–Crippen LogP) is 4.43. The Morgan fingerprint density at radius 2 is 1.68 bits per heavy atom. The number of nitrogens with zero attached hydrogens (tertiary/aromatic N) is 1. The molecular formula is C22H21N3O3. The number of para-hydroxylation sites is 1. The number of benzene rings is 2. The number of ether oxygens (including phenoxy) is 1. The summed E-state index contributed by atoms with van der Waals surface area (Å²) in [5, 5.41) is 5.95. The third-order valence-corrected chi connectivity index (χ3v) is 4.23. The lowest BCUT2D eigenvalue weighted by molar-refractivity contribution is 0.0601.